The van der Waals surface area contributed by atoms with E-state index in [1.165, 1.54) is 11.3 Å². The van der Waals surface area contributed by atoms with Crippen LogP contribution in [0.25, 0.3) is 0 Å². The maximum Gasteiger partial charge on any atom is 0.126 e. The number of rotatable bonds is 8. The fraction of sp³-hybridized carbons (Fsp3) is 0.571. The van der Waals surface area contributed by atoms with Crippen LogP contribution in [0.15, 0.2) is 30.5 Å². The zero-order valence-corrected chi connectivity index (χ0v) is 16.2. The number of aliphatic hydroxyl groups is 1. The van der Waals surface area contributed by atoms with Gasteiger partial charge in [-0.05, 0) is 24.0 Å². The lowest BCUT2D eigenvalue weighted by atomic mass is 10.1. The molecule has 1 aromatic carbocycles. The fourth-order valence-electron chi connectivity index (χ4n) is 3.50. The van der Waals surface area contributed by atoms with E-state index >= 15 is 0 Å². The molecule has 0 fully saturated rings. The molecule has 5 nitrogen and oxygen atoms in total. The molecular weight excluding hydrogens is 326 g/mol. The predicted molar refractivity (Wildman–Crippen MR) is 103 cm³/mol. The molecule has 5 heteroatoms. The summed E-state index contributed by atoms with van der Waals surface area (Å²) in [4.78, 5) is 7.17. The zero-order chi connectivity index (χ0) is 18.5. The van der Waals surface area contributed by atoms with Gasteiger partial charge in [-0.25, -0.2) is 4.98 Å². The topological polar surface area (TPSA) is 50.5 Å². The molecular formula is C21H31N3O2. The van der Waals surface area contributed by atoms with Crippen molar-refractivity contribution in [3.05, 3.63) is 53.1 Å². The van der Waals surface area contributed by atoms with Gasteiger partial charge in [-0.15, -0.1) is 0 Å². The monoisotopic (exact) mass is 357 g/mol. The SMILES string of the molecule is CC(C)COCCc1cnc2n1CCN(Cc1ccc(CO)cc1)[C@H]2C. The van der Waals surface area contributed by atoms with Crippen LogP contribution in [0.3, 0.4) is 0 Å². The molecule has 2 aromatic rings. The van der Waals surface area contributed by atoms with Gasteiger partial charge in [-0.3, -0.25) is 4.90 Å². The van der Waals surface area contributed by atoms with Crippen molar-refractivity contribution in [2.45, 2.75) is 52.9 Å². The molecule has 2 heterocycles. The number of benzene rings is 1. The summed E-state index contributed by atoms with van der Waals surface area (Å²) in [7, 11) is 0. The molecule has 0 saturated heterocycles. The van der Waals surface area contributed by atoms with Crippen LogP contribution < -0.4 is 0 Å². The van der Waals surface area contributed by atoms with Crippen molar-refractivity contribution in [1.29, 1.82) is 0 Å². The first-order valence-corrected chi connectivity index (χ1v) is 9.63. The zero-order valence-electron chi connectivity index (χ0n) is 16.2. The Bertz CT molecular complexity index is 694. The lowest BCUT2D eigenvalue weighted by molar-refractivity contribution is 0.110. The van der Waals surface area contributed by atoms with E-state index in [0.29, 0.717) is 12.0 Å². The standard InChI is InChI=1S/C21H31N3O2/c1-16(2)15-26-11-8-20-12-22-21-17(3)23(9-10-24(20)21)13-18-4-6-19(14-25)7-5-18/h4-7,12,16-17,25H,8-11,13-15H2,1-3H3/t17-/m0/s1. The molecule has 3 rings (SSSR count). The van der Waals surface area contributed by atoms with Crippen molar-refractivity contribution in [3.8, 4) is 0 Å². The van der Waals surface area contributed by atoms with Gasteiger partial charge in [0.25, 0.3) is 0 Å². The minimum Gasteiger partial charge on any atom is -0.392 e. The van der Waals surface area contributed by atoms with Crippen molar-refractivity contribution in [1.82, 2.24) is 14.5 Å². The number of nitrogens with zero attached hydrogens (tertiary/aromatic N) is 3. The first kappa shape index (κ1) is 19.1. The molecule has 1 aliphatic heterocycles. The van der Waals surface area contributed by atoms with Gasteiger partial charge in [0.15, 0.2) is 0 Å². The van der Waals surface area contributed by atoms with Crippen molar-refractivity contribution < 1.29 is 9.84 Å². The van der Waals surface area contributed by atoms with Crippen LogP contribution in [-0.2, 0) is 30.9 Å². The predicted octanol–water partition coefficient (Wildman–Crippen LogP) is 3.17. The largest absolute Gasteiger partial charge is 0.392 e. The van der Waals surface area contributed by atoms with Gasteiger partial charge in [-0.2, -0.15) is 0 Å². The Labute approximate surface area is 156 Å². The molecule has 0 aliphatic carbocycles. The van der Waals surface area contributed by atoms with Crippen molar-refractivity contribution >= 4 is 0 Å². The molecule has 0 radical (unpaired) electrons. The average molecular weight is 357 g/mol. The van der Waals surface area contributed by atoms with Crippen molar-refractivity contribution in [2.75, 3.05) is 19.8 Å². The van der Waals surface area contributed by atoms with Gasteiger partial charge in [0.2, 0.25) is 0 Å². The molecule has 1 aromatic heterocycles. The normalized spacial score (nSPS) is 17.7. The second-order valence-electron chi connectivity index (χ2n) is 7.60. The van der Waals surface area contributed by atoms with Crippen LogP contribution in [0.4, 0.5) is 0 Å². The van der Waals surface area contributed by atoms with E-state index < -0.39 is 0 Å². The summed E-state index contributed by atoms with van der Waals surface area (Å²) in [5, 5.41) is 9.18. The van der Waals surface area contributed by atoms with Gasteiger partial charge in [0.05, 0.1) is 19.3 Å². The number of aliphatic hydroxyl groups excluding tert-OH is 1. The van der Waals surface area contributed by atoms with Crippen LogP contribution >= 0.6 is 0 Å². The Hall–Kier alpha value is -1.69. The lowest BCUT2D eigenvalue weighted by Crippen LogP contribution is -2.37. The van der Waals surface area contributed by atoms with Gasteiger partial charge < -0.3 is 14.4 Å². The van der Waals surface area contributed by atoms with E-state index in [9.17, 15) is 5.11 Å². The van der Waals surface area contributed by atoms with E-state index in [4.69, 9.17) is 9.72 Å². The number of imidazole rings is 1. The fourth-order valence-corrected chi connectivity index (χ4v) is 3.50. The second-order valence-corrected chi connectivity index (χ2v) is 7.60. The third-order valence-corrected chi connectivity index (χ3v) is 5.05. The summed E-state index contributed by atoms with van der Waals surface area (Å²) in [6.07, 6.45) is 2.94. The molecule has 142 valence electrons. The van der Waals surface area contributed by atoms with E-state index in [1.807, 2.05) is 18.3 Å². The Kier molecular flexibility index (Phi) is 6.46. The quantitative estimate of drug-likeness (QED) is 0.737. The first-order chi connectivity index (χ1) is 12.6. The number of fused-ring (bicyclic) bond motifs is 1. The number of hydrogen-bond acceptors (Lipinski definition) is 4. The highest BCUT2D eigenvalue weighted by molar-refractivity contribution is 5.22. The van der Waals surface area contributed by atoms with E-state index in [-0.39, 0.29) is 6.61 Å². The summed E-state index contributed by atoms with van der Waals surface area (Å²) in [6.45, 7) is 11.2. The summed E-state index contributed by atoms with van der Waals surface area (Å²) < 4.78 is 8.11. The van der Waals surface area contributed by atoms with Gasteiger partial charge in [0.1, 0.15) is 5.82 Å². The van der Waals surface area contributed by atoms with Crippen LogP contribution in [-0.4, -0.2) is 39.3 Å². The average Bonchev–Trinajstić information content (AvgIpc) is 3.05. The summed E-state index contributed by atoms with van der Waals surface area (Å²) in [5.41, 5.74) is 3.51. The number of hydrogen-bond donors (Lipinski definition) is 1. The Morgan fingerprint density at radius 1 is 1.19 bits per heavy atom. The molecule has 0 spiro atoms. The summed E-state index contributed by atoms with van der Waals surface area (Å²) in [5.74, 6) is 1.73. The number of aromatic nitrogens is 2. The maximum atomic E-state index is 9.18. The lowest BCUT2D eigenvalue weighted by Gasteiger charge is -2.34. The number of ether oxygens (including phenoxy) is 1. The highest BCUT2D eigenvalue weighted by Crippen LogP contribution is 2.27. The van der Waals surface area contributed by atoms with E-state index in [2.05, 4.69) is 42.4 Å². The van der Waals surface area contributed by atoms with Crippen LogP contribution in [0.5, 0.6) is 0 Å². The Morgan fingerprint density at radius 2 is 1.92 bits per heavy atom. The molecule has 0 unspecified atom stereocenters. The molecule has 1 N–H and O–H groups in total. The Balaban J connectivity index is 1.60. The highest BCUT2D eigenvalue weighted by atomic mass is 16.5. The van der Waals surface area contributed by atoms with Crippen molar-refractivity contribution in [2.24, 2.45) is 5.92 Å². The molecule has 0 amide bonds. The third kappa shape index (κ3) is 4.53. The van der Waals surface area contributed by atoms with Gasteiger partial charge in [0, 0.05) is 44.6 Å². The van der Waals surface area contributed by atoms with Gasteiger partial charge in [-0.1, -0.05) is 38.1 Å². The maximum absolute atomic E-state index is 9.18. The molecule has 0 saturated carbocycles. The first-order valence-electron chi connectivity index (χ1n) is 9.63. The van der Waals surface area contributed by atoms with Crippen LogP contribution in [0.1, 0.15) is 49.5 Å². The highest BCUT2D eigenvalue weighted by Gasteiger charge is 2.26. The van der Waals surface area contributed by atoms with E-state index in [0.717, 1.165) is 50.7 Å². The minimum atomic E-state index is 0.0987. The minimum absolute atomic E-state index is 0.0987. The summed E-state index contributed by atoms with van der Waals surface area (Å²) >= 11 is 0. The molecule has 1 atom stereocenters. The molecule has 1 aliphatic rings. The van der Waals surface area contributed by atoms with Crippen LogP contribution in [0, 0.1) is 5.92 Å². The van der Waals surface area contributed by atoms with Crippen molar-refractivity contribution in [3.63, 3.8) is 0 Å². The Morgan fingerprint density at radius 3 is 2.62 bits per heavy atom. The molecule has 26 heavy (non-hydrogen) atoms. The smallest absolute Gasteiger partial charge is 0.126 e. The third-order valence-electron chi connectivity index (χ3n) is 5.05. The summed E-state index contributed by atoms with van der Waals surface area (Å²) in [6, 6.07) is 8.51. The van der Waals surface area contributed by atoms with Gasteiger partial charge >= 0.3 is 0 Å². The van der Waals surface area contributed by atoms with Crippen LogP contribution in [0.2, 0.25) is 0 Å². The molecule has 0 bridgehead atoms. The van der Waals surface area contributed by atoms with E-state index in [1.54, 1.807) is 0 Å². The second kappa shape index (κ2) is 8.80.